The smallest absolute Gasteiger partial charge is 0.306 e. The minimum atomic E-state index is -0.774. The Balaban J connectivity index is 1.90. The number of piperidine rings is 1. The number of likely N-dealkylation sites (tertiary alicyclic amines) is 1. The molecule has 22 heavy (non-hydrogen) atoms. The molecule has 0 unspecified atom stereocenters. The molecule has 0 aliphatic carbocycles. The highest BCUT2D eigenvalue weighted by Gasteiger charge is 2.25. The van der Waals surface area contributed by atoms with Crippen molar-refractivity contribution < 1.29 is 14.7 Å². The van der Waals surface area contributed by atoms with Gasteiger partial charge in [-0.1, -0.05) is 34.8 Å². The number of nitrogens with one attached hydrogen (secondary N) is 1. The molecule has 1 heterocycles. The number of benzene rings is 1. The van der Waals surface area contributed by atoms with Crippen molar-refractivity contribution in [1.29, 1.82) is 0 Å². The van der Waals surface area contributed by atoms with Crippen LogP contribution in [0.2, 0.25) is 15.1 Å². The molecule has 0 radical (unpaired) electrons. The van der Waals surface area contributed by atoms with E-state index in [2.05, 4.69) is 5.32 Å². The van der Waals surface area contributed by atoms with Gasteiger partial charge < -0.3 is 10.4 Å². The SMILES string of the molecule is O=C(CN1CCC(C(=O)O)CC1)Nc1c(Cl)cc(Cl)cc1Cl. The Labute approximate surface area is 143 Å². The number of carbonyl (C=O) groups is 2. The van der Waals surface area contributed by atoms with Crippen LogP contribution in [0.1, 0.15) is 12.8 Å². The first-order chi connectivity index (χ1) is 10.4. The summed E-state index contributed by atoms with van der Waals surface area (Å²) < 4.78 is 0. The number of carboxylic acids is 1. The van der Waals surface area contributed by atoms with Crippen molar-refractivity contribution in [3.05, 3.63) is 27.2 Å². The summed E-state index contributed by atoms with van der Waals surface area (Å²) in [7, 11) is 0. The van der Waals surface area contributed by atoms with Crippen LogP contribution >= 0.6 is 34.8 Å². The second-order valence-corrected chi connectivity index (χ2v) is 6.43. The number of amides is 1. The van der Waals surface area contributed by atoms with Crippen LogP contribution in [0.25, 0.3) is 0 Å². The van der Waals surface area contributed by atoms with Crippen LogP contribution in [0.5, 0.6) is 0 Å². The van der Waals surface area contributed by atoms with Crippen molar-refractivity contribution in [2.45, 2.75) is 12.8 Å². The van der Waals surface area contributed by atoms with Gasteiger partial charge in [-0.15, -0.1) is 0 Å². The molecule has 2 rings (SSSR count). The van der Waals surface area contributed by atoms with Gasteiger partial charge in [-0.05, 0) is 38.1 Å². The van der Waals surface area contributed by atoms with Crippen LogP contribution in [0.4, 0.5) is 5.69 Å². The molecular formula is C14H15Cl3N2O3. The average Bonchev–Trinajstić information content (AvgIpc) is 2.43. The summed E-state index contributed by atoms with van der Waals surface area (Å²) in [6.45, 7) is 1.32. The van der Waals surface area contributed by atoms with Gasteiger partial charge in [-0.25, -0.2) is 0 Å². The maximum atomic E-state index is 12.1. The fraction of sp³-hybridized carbons (Fsp3) is 0.429. The number of nitrogens with zero attached hydrogens (tertiary/aromatic N) is 1. The number of halogens is 3. The molecule has 0 saturated carbocycles. The summed E-state index contributed by atoms with van der Waals surface area (Å²) in [5.41, 5.74) is 0.332. The molecule has 1 aromatic rings. The molecule has 5 nitrogen and oxygen atoms in total. The van der Waals surface area contributed by atoms with E-state index in [9.17, 15) is 9.59 Å². The van der Waals surface area contributed by atoms with E-state index in [0.717, 1.165) is 0 Å². The number of anilines is 1. The zero-order valence-corrected chi connectivity index (χ0v) is 13.9. The standard InChI is InChI=1S/C14H15Cl3N2O3/c15-9-5-10(16)13(11(17)6-9)18-12(20)7-19-3-1-8(2-4-19)14(21)22/h5-6,8H,1-4,7H2,(H,18,20)(H,21,22). The number of hydrogen-bond donors (Lipinski definition) is 2. The van der Waals surface area contributed by atoms with Crippen LogP contribution in [0, 0.1) is 5.92 Å². The quantitative estimate of drug-likeness (QED) is 0.858. The van der Waals surface area contributed by atoms with Gasteiger partial charge >= 0.3 is 5.97 Å². The summed E-state index contributed by atoms with van der Waals surface area (Å²) in [5.74, 6) is -1.34. The van der Waals surface area contributed by atoms with E-state index in [4.69, 9.17) is 39.9 Å². The molecule has 8 heteroatoms. The van der Waals surface area contributed by atoms with E-state index in [1.807, 2.05) is 4.90 Å². The topological polar surface area (TPSA) is 69.6 Å². The first-order valence-corrected chi connectivity index (χ1v) is 7.89. The Morgan fingerprint density at radius 3 is 2.23 bits per heavy atom. The molecule has 1 amide bonds. The van der Waals surface area contributed by atoms with E-state index in [1.54, 1.807) is 0 Å². The zero-order chi connectivity index (χ0) is 16.3. The molecule has 1 aliphatic heterocycles. The molecule has 120 valence electrons. The minimum Gasteiger partial charge on any atom is -0.481 e. The second-order valence-electron chi connectivity index (χ2n) is 5.18. The van der Waals surface area contributed by atoms with Gasteiger partial charge in [0.15, 0.2) is 0 Å². The molecule has 1 aliphatic rings. The van der Waals surface area contributed by atoms with Gasteiger partial charge in [0.1, 0.15) is 0 Å². The lowest BCUT2D eigenvalue weighted by Crippen LogP contribution is -2.40. The first-order valence-electron chi connectivity index (χ1n) is 6.76. The van der Waals surface area contributed by atoms with Gasteiger partial charge in [-0.2, -0.15) is 0 Å². The third-order valence-electron chi connectivity index (χ3n) is 3.58. The second kappa shape index (κ2) is 7.51. The van der Waals surface area contributed by atoms with E-state index in [1.165, 1.54) is 12.1 Å². The van der Waals surface area contributed by atoms with Gasteiger partial charge in [0.2, 0.25) is 5.91 Å². The number of rotatable bonds is 4. The summed E-state index contributed by atoms with van der Waals surface area (Å²) in [4.78, 5) is 24.9. The van der Waals surface area contributed by atoms with Crippen molar-refractivity contribution in [2.24, 2.45) is 5.92 Å². The van der Waals surface area contributed by atoms with Gasteiger partial charge in [-0.3, -0.25) is 14.5 Å². The molecule has 0 bridgehead atoms. The zero-order valence-electron chi connectivity index (χ0n) is 11.6. The Morgan fingerprint density at radius 1 is 1.18 bits per heavy atom. The van der Waals surface area contributed by atoms with Crippen molar-refractivity contribution in [2.75, 3.05) is 25.0 Å². The van der Waals surface area contributed by atoms with E-state index in [-0.39, 0.29) is 28.4 Å². The maximum Gasteiger partial charge on any atom is 0.306 e. The summed E-state index contributed by atoms with van der Waals surface area (Å²) in [6.07, 6.45) is 1.09. The highest BCUT2D eigenvalue weighted by molar-refractivity contribution is 6.42. The van der Waals surface area contributed by atoms with Crippen molar-refractivity contribution >= 4 is 52.4 Å². The molecular weight excluding hydrogens is 351 g/mol. The highest BCUT2D eigenvalue weighted by Crippen LogP contribution is 2.33. The molecule has 0 spiro atoms. The lowest BCUT2D eigenvalue weighted by atomic mass is 9.97. The Hall–Kier alpha value is -1.01. The largest absolute Gasteiger partial charge is 0.481 e. The minimum absolute atomic E-state index is 0.168. The molecule has 2 N–H and O–H groups in total. The summed E-state index contributed by atoms with van der Waals surface area (Å²) in [6, 6.07) is 3.01. The molecule has 0 atom stereocenters. The van der Waals surface area contributed by atoms with E-state index in [0.29, 0.717) is 36.6 Å². The monoisotopic (exact) mass is 364 g/mol. The van der Waals surface area contributed by atoms with Crippen LogP contribution in [0.15, 0.2) is 12.1 Å². The van der Waals surface area contributed by atoms with Crippen molar-refractivity contribution in [1.82, 2.24) is 4.90 Å². The highest BCUT2D eigenvalue weighted by atomic mass is 35.5. The Morgan fingerprint density at radius 2 is 1.73 bits per heavy atom. The number of hydrogen-bond acceptors (Lipinski definition) is 3. The molecule has 0 aromatic heterocycles. The Kier molecular flexibility index (Phi) is 5.92. The summed E-state index contributed by atoms with van der Waals surface area (Å²) >= 11 is 17.8. The van der Waals surface area contributed by atoms with Gasteiger partial charge in [0, 0.05) is 5.02 Å². The predicted octanol–water partition coefficient (Wildman–Crippen LogP) is 3.38. The fourth-order valence-electron chi connectivity index (χ4n) is 2.38. The maximum absolute atomic E-state index is 12.1. The van der Waals surface area contributed by atoms with E-state index >= 15 is 0 Å². The van der Waals surface area contributed by atoms with Gasteiger partial charge in [0.05, 0.1) is 28.2 Å². The number of carboxylic acid groups (broad SMARTS) is 1. The lowest BCUT2D eigenvalue weighted by molar-refractivity contribution is -0.143. The van der Waals surface area contributed by atoms with Crippen LogP contribution in [-0.2, 0) is 9.59 Å². The molecule has 1 fully saturated rings. The Bertz CT molecular complexity index is 564. The molecule has 1 aromatic carbocycles. The number of carbonyl (C=O) groups excluding carboxylic acids is 1. The van der Waals surface area contributed by atoms with Crippen molar-refractivity contribution in [3.63, 3.8) is 0 Å². The van der Waals surface area contributed by atoms with Crippen molar-refractivity contribution in [3.8, 4) is 0 Å². The lowest BCUT2D eigenvalue weighted by Gasteiger charge is -2.29. The third-order valence-corrected chi connectivity index (χ3v) is 4.39. The first kappa shape index (κ1) is 17.3. The normalized spacial score (nSPS) is 16.5. The van der Waals surface area contributed by atoms with Crippen LogP contribution < -0.4 is 5.32 Å². The number of aliphatic carboxylic acids is 1. The molecule has 1 saturated heterocycles. The van der Waals surface area contributed by atoms with Gasteiger partial charge in [0.25, 0.3) is 0 Å². The predicted molar refractivity (Wildman–Crippen MR) is 86.9 cm³/mol. The van der Waals surface area contributed by atoms with Crippen LogP contribution in [-0.4, -0.2) is 41.5 Å². The van der Waals surface area contributed by atoms with E-state index < -0.39 is 5.97 Å². The van der Waals surface area contributed by atoms with Crippen LogP contribution in [0.3, 0.4) is 0 Å². The average molecular weight is 366 g/mol. The third kappa shape index (κ3) is 4.49. The fourth-order valence-corrected chi connectivity index (χ4v) is 3.29. The summed E-state index contributed by atoms with van der Waals surface area (Å²) in [5, 5.41) is 12.6.